The number of hydrogen-bond donors (Lipinski definition) is 2. The van der Waals surface area contributed by atoms with Gasteiger partial charge in [-0.2, -0.15) is 0 Å². The van der Waals surface area contributed by atoms with Gasteiger partial charge in [0.05, 0.1) is 6.54 Å². The van der Waals surface area contributed by atoms with Crippen LogP contribution in [0.1, 0.15) is 16.8 Å². The number of hydrogen-bond acceptors (Lipinski definition) is 4. The summed E-state index contributed by atoms with van der Waals surface area (Å²) in [4.78, 5) is 24.3. The van der Waals surface area contributed by atoms with E-state index in [-0.39, 0.29) is 6.54 Å². The fraction of sp³-hybridized carbons (Fsp3) is 0.158. The van der Waals surface area contributed by atoms with E-state index in [4.69, 9.17) is 16.3 Å². The Labute approximate surface area is 155 Å². The van der Waals surface area contributed by atoms with Crippen LogP contribution < -0.4 is 10.1 Å². The van der Waals surface area contributed by atoms with E-state index in [1.165, 1.54) is 0 Å². The highest BCUT2D eigenvalue weighted by molar-refractivity contribution is 6.30. The van der Waals surface area contributed by atoms with Crippen LogP contribution in [0.2, 0.25) is 5.02 Å². The van der Waals surface area contributed by atoms with Gasteiger partial charge in [0.2, 0.25) is 0 Å². The van der Waals surface area contributed by atoms with Crippen LogP contribution in [-0.4, -0.2) is 34.7 Å². The Balaban J connectivity index is 1.64. The number of halogens is 1. The minimum Gasteiger partial charge on any atom is -0.457 e. The van der Waals surface area contributed by atoms with Crippen molar-refractivity contribution in [3.63, 3.8) is 0 Å². The number of hydroxylamine groups is 2. The van der Waals surface area contributed by atoms with E-state index in [2.05, 4.69) is 5.32 Å². The molecule has 0 aliphatic carbocycles. The number of benzene rings is 2. The third-order valence-corrected chi connectivity index (χ3v) is 4.09. The fourth-order valence-corrected chi connectivity index (χ4v) is 2.58. The lowest BCUT2D eigenvalue weighted by Crippen LogP contribution is -2.46. The predicted molar refractivity (Wildman–Crippen MR) is 96.5 cm³/mol. The van der Waals surface area contributed by atoms with E-state index in [0.29, 0.717) is 33.6 Å². The molecule has 1 aliphatic heterocycles. The topological polar surface area (TPSA) is 78.9 Å². The van der Waals surface area contributed by atoms with Gasteiger partial charge < -0.3 is 10.1 Å². The zero-order chi connectivity index (χ0) is 18.5. The van der Waals surface area contributed by atoms with Crippen molar-refractivity contribution in [2.45, 2.75) is 12.5 Å². The lowest BCUT2D eigenvalue weighted by molar-refractivity contribution is -0.164. The van der Waals surface area contributed by atoms with Crippen LogP contribution in [0.15, 0.2) is 60.7 Å². The SMILES string of the molecule is O=C(N[C@@H]1CC=CCN(O)C1=O)c1ccc(Oc2ccc(Cl)cc2)cc1. The Morgan fingerprint density at radius 3 is 2.35 bits per heavy atom. The van der Waals surface area contributed by atoms with Crippen molar-refractivity contribution in [2.24, 2.45) is 0 Å². The van der Waals surface area contributed by atoms with Gasteiger partial charge in [-0.15, -0.1) is 0 Å². The standard InChI is InChI=1S/C19H17ClN2O4/c20-14-6-10-16(11-7-14)26-15-8-4-13(5-9-15)18(23)21-17-3-1-2-12-22(25)19(17)24/h1-2,4-11,17,25H,3,12H2,(H,21,23)/t17-/m1/s1. The summed E-state index contributed by atoms with van der Waals surface area (Å²) in [6, 6.07) is 12.7. The van der Waals surface area contributed by atoms with E-state index in [1.807, 2.05) is 0 Å². The second-order valence-corrected chi connectivity index (χ2v) is 6.17. The summed E-state index contributed by atoms with van der Waals surface area (Å²) in [6.07, 6.45) is 3.76. The second-order valence-electron chi connectivity index (χ2n) is 5.73. The first-order valence-electron chi connectivity index (χ1n) is 8.02. The number of nitrogens with one attached hydrogen (secondary N) is 1. The number of amides is 2. The van der Waals surface area contributed by atoms with Crippen molar-refractivity contribution in [1.82, 2.24) is 10.4 Å². The number of ether oxygens (including phenoxy) is 1. The smallest absolute Gasteiger partial charge is 0.269 e. The highest BCUT2D eigenvalue weighted by Crippen LogP contribution is 2.23. The Bertz CT molecular complexity index is 818. The molecule has 1 atom stereocenters. The van der Waals surface area contributed by atoms with Gasteiger partial charge in [-0.3, -0.25) is 14.8 Å². The van der Waals surface area contributed by atoms with Crippen molar-refractivity contribution in [3.05, 3.63) is 71.3 Å². The van der Waals surface area contributed by atoms with Gasteiger partial charge >= 0.3 is 0 Å². The first-order chi connectivity index (χ1) is 12.5. The van der Waals surface area contributed by atoms with Gasteiger partial charge in [-0.25, -0.2) is 5.06 Å². The predicted octanol–water partition coefficient (Wildman–Crippen LogP) is 3.41. The molecule has 2 amide bonds. The molecule has 2 N–H and O–H groups in total. The average Bonchev–Trinajstić information content (AvgIpc) is 2.80. The zero-order valence-electron chi connectivity index (χ0n) is 13.8. The normalized spacial score (nSPS) is 16.9. The summed E-state index contributed by atoms with van der Waals surface area (Å²) in [5, 5.41) is 13.4. The van der Waals surface area contributed by atoms with Crippen LogP contribution >= 0.6 is 11.6 Å². The molecule has 3 rings (SSSR count). The number of carbonyl (C=O) groups is 2. The third-order valence-electron chi connectivity index (χ3n) is 3.84. The third kappa shape index (κ3) is 4.41. The summed E-state index contributed by atoms with van der Waals surface area (Å²) in [5.74, 6) is 0.264. The minimum atomic E-state index is -0.795. The summed E-state index contributed by atoms with van der Waals surface area (Å²) in [5.41, 5.74) is 0.388. The Morgan fingerprint density at radius 2 is 1.69 bits per heavy atom. The molecule has 0 radical (unpaired) electrons. The van der Waals surface area contributed by atoms with Crippen LogP contribution in [0.5, 0.6) is 11.5 Å². The molecule has 2 aromatic rings. The van der Waals surface area contributed by atoms with E-state index < -0.39 is 17.9 Å². The summed E-state index contributed by atoms with van der Waals surface area (Å²) in [7, 11) is 0. The molecule has 26 heavy (non-hydrogen) atoms. The van der Waals surface area contributed by atoms with Crippen molar-refractivity contribution >= 4 is 23.4 Å². The molecule has 1 aliphatic rings. The molecule has 0 aromatic heterocycles. The fourth-order valence-electron chi connectivity index (χ4n) is 2.45. The maximum atomic E-state index is 12.3. The first kappa shape index (κ1) is 18.0. The number of rotatable bonds is 4. The van der Waals surface area contributed by atoms with Crippen LogP contribution in [0, 0.1) is 0 Å². The molecular weight excluding hydrogens is 356 g/mol. The molecule has 0 saturated heterocycles. The van der Waals surface area contributed by atoms with Crippen molar-refractivity contribution in [3.8, 4) is 11.5 Å². The van der Waals surface area contributed by atoms with Crippen molar-refractivity contribution < 1.29 is 19.5 Å². The zero-order valence-corrected chi connectivity index (χ0v) is 14.5. The highest BCUT2D eigenvalue weighted by atomic mass is 35.5. The first-order valence-corrected chi connectivity index (χ1v) is 8.40. The van der Waals surface area contributed by atoms with Gasteiger partial charge in [0.25, 0.3) is 11.8 Å². The monoisotopic (exact) mass is 372 g/mol. The molecule has 2 aromatic carbocycles. The van der Waals surface area contributed by atoms with E-state index in [0.717, 1.165) is 0 Å². The molecule has 7 heteroatoms. The van der Waals surface area contributed by atoms with Crippen molar-refractivity contribution in [1.29, 1.82) is 0 Å². The molecular formula is C19H17ClN2O4. The quantitative estimate of drug-likeness (QED) is 0.636. The molecule has 6 nitrogen and oxygen atoms in total. The Morgan fingerprint density at radius 1 is 1.08 bits per heavy atom. The van der Waals surface area contributed by atoms with E-state index in [9.17, 15) is 14.8 Å². The van der Waals surface area contributed by atoms with Crippen LogP contribution in [0.25, 0.3) is 0 Å². The van der Waals surface area contributed by atoms with E-state index >= 15 is 0 Å². The molecule has 0 bridgehead atoms. The Hall–Kier alpha value is -2.83. The summed E-state index contributed by atoms with van der Waals surface area (Å²) < 4.78 is 5.67. The maximum Gasteiger partial charge on any atom is 0.269 e. The average molecular weight is 373 g/mol. The van der Waals surface area contributed by atoms with Gasteiger partial charge in [0.15, 0.2) is 0 Å². The maximum absolute atomic E-state index is 12.3. The van der Waals surface area contributed by atoms with Gasteiger partial charge in [0, 0.05) is 10.6 Å². The lowest BCUT2D eigenvalue weighted by Gasteiger charge is -2.19. The van der Waals surface area contributed by atoms with Crippen LogP contribution in [-0.2, 0) is 4.79 Å². The molecule has 0 unspecified atom stereocenters. The molecule has 1 heterocycles. The van der Waals surface area contributed by atoms with Crippen LogP contribution in [0.3, 0.4) is 0 Å². The van der Waals surface area contributed by atoms with Crippen LogP contribution in [0.4, 0.5) is 0 Å². The molecule has 134 valence electrons. The van der Waals surface area contributed by atoms with E-state index in [1.54, 1.807) is 60.7 Å². The van der Waals surface area contributed by atoms with Gasteiger partial charge in [-0.05, 0) is 55.0 Å². The van der Waals surface area contributed by atoms with Gasteiger partial charge in [-0.1, -0.05) is 23.8 Å². The van der Waals surface area contributed by atoms with Gasteiger partial charge in [0.1, 0.15) is 17.5 Å². The molecule has 0 spiro atoms. The largest absolute Gasteiger partial charge is 0.457 e. The lowest BCUT2D eigenvalue weighted by atomic mass is 10.1. The van der Waals surface area contributed by atoms with Crippen molar-refractivity contribution in [2.75, 3.05) is 6.54 Å². The highest BCUT2D eigenvalue weighted by Gasteiger charge is 2.25. The Kier molecular flexibility index (Phi) is 5.55. The minimum absolute atomic E-state index is 0.113. The second kappa shape index (κ2) is 8.03. The number of carbonyl (C=O) groups excluding carboxylic acids is 2. The molecule has 0 fully saturated rings. The summed E-state index contributed by atoms with van der Waals surface area (Å²) in [6.45, 7) is 0.113. The number of nitrogens with zero attached hydrogens (tertiary/aromatic N) is 1. The summed E-state index contributed by atoms with van der Waals surface area (Å²) >= 11 is 5.83. The molecule has 0 saturated carbocycles.